The van der Waals surface area contributed by atoms with E-state index in [-0.39, 0.29) is 12.4 Å². The van der Waals surface area contributed by atoms with Crippen LogP contribution in [0.15, 0.2) is 12.2 Å². The molecular weight excluding hydrogens is 184 g/mol. The SMILES string of the molecule is CCOC(=O)CC(C)(C)/C=C\C(=O)O. The second-order valence-electron chi connectivity index (χ2n) is 3.64. The molecule has 0 aliphatic heterocycles. The van der Waals surface area contributed by atoms with Gasteiger partial charge in [-0.3, -0.25) is 4.79 Å². The molecule has 0 aromatic carbocycles. The first-order valence-electron chi connectivity index (χ1n) is 4.45. The third kappa shape index (κ3) is 6.22. The van der Waals surface area contributed by atoms with Gasteiger partial charge in [0.2, 0.25) is 0 Å². The Balaban J connectivity index is 4.19. The Bertz CT molecular complexity index is 241. The zero-order chi connectivity index (χ0) is 11.2. The predicted molar refractivity (Wildman–Crippen MR) is 51.8 cm³/mol. The average Bonchev–Trinajstić information content (AvgIpc) is 2.00. The smallest absolute Gasteiger partial charge is 0.327 e. The van der Waals surface area contributed by atoms with Gasteiger partial charge in [-0.2, -0.15) is 0 Å². The Labute approximate surface area is 83.6 Å². The van der Waals surface area contributed by atoms with Crippen molar-refractivity contribution < 1.29 is 19.4 Å². The summed E-state index contributed by atoms with van der Waals surface area (Å²) in [5.74, 6) is -1.32. The van der Waals surface area contributed by atoms with Crippen LogP contribution < -0.4 is 0 Å². The van der Waals surface area contributed by atoms with Gasteiger partial charge < -0.3 is 9.84 Å². The molecule has 0 atom stereocenters. The fraction of sp³-hybridized carbons (Fsp3) is 0.600. The second-order valence-corrected chi connectivity index (χ2v) is 3.64. The maximum absolute atomic E-state index is 11.1. The molecule has 0 aromatic rings. The molecule has 0 unspecified atom stereocenters. The Hall–Kier alpha value is -1.32. The summed E-state index contributed by atoms with van der Waals surface area (Å²) in [4.78, 5) is 21.4. The molecule has 0 saturated carbocycles. The third-order valence-corrected chi connectivity index (χ3v) is 1.58. The van der Waals surface area contributed by atoms with Crippen LogP contribution in [0, 0.1) is 5.41 Å². The van der Waals surface area contributed by atoms with Crippen LogP contribution in [0.5, 0.6) is 0 Å². The largest absolute Gasteiger partial charge is 0.478 e. The summed E-state index contributed by atoms with van der Waals surface area (Å²) < 4.78 is 4.76. The first-order chi connectivity index (χ1) is 6.37. The maximum atomic E-state index is 11.1. The number of aliphatic carboxylic acids is 1. The lowest BCUT2D eigenvalue weighted by Gasteiger charge is -2.18. The number of carbonyl (C=O) groups is 2. The normalized spacial score (nSPS) is 11.6. The van der Waals surface area contributed by atoms with E-state index < -0.39 is 11.4 Å². The van der Waals surface area contributed by atoms with Crippen LogP contribution >= 0.6 is 0 Å². The van der Waals surface area contributed by atoms with E-state index in [1.165, 1.54) is 6.08 Å². The topological polar surface area (TPSA) is 63.6 Å². The molecule has 0 aliphatic carbocycles. The van der Waals surface area contributed by atoms with Crippen molar-refractivity contribution >= 4 is 11.9 Å². The second kappa shape index (κ2) is 5.42. The number of rotatable bonds is 5. The first kappa shape index (κ1) is 12.7. The highest BCUT2D eigenvalue weighted by Gasteiger charge is 2.19. The van der Waals surface area contributed by atoms with Gasteiger partial charge in [-0.05, 0) is 12.3 Å². The number of allylic oxidation sites excluding steroid dienone is 1. The van der Waals surface area contributed by atoms with Crippen LogP contribution in [0.2, 0.25) is 0 Å². The summed E-state index contributed by atoms with van der Waals surface area (Å²) >= 11 is 0. The van der Waals surface area contributed by atoms with Crippen molar-refractivity contribution in [2.45, 2.75) is 27.2 Å². The van der Waals surface area contributed by atoms with Crippen LogP contribution in [0.3, 0.4) is 0 Å². The van der Waals surface area contributed by atoms with Gasteiger partial charge in [-0.1, -0.05) is 19.9 Å². The van der Waals surface area contributed by atoms with Crippen molar-refractivity contribution in [3.63, 3.8) is 0 Å². The van der Waals surface area contributed by atoms with Crippen molar-refractivity contribution in [1.82, 2.24) is 0 Å². The summed E-state index contributed by atoms with van der Waals surface area (Å²) in [7, 11) is 0. The number of hydrogen-bond donors (Lipinski definition) is 1. The zero-order valence-corrected chi connectivity index (χ0v) is 8.74. The van der Waals surface area contributed by atoms with Gasteiger partial charge >= 0.3 is 11.9 Å². The van der Waals surface area contributed by atoms with E-state index in [1.54, 1.807) is 20.8 Å². The van der Waals surface area contributed by atoms with Crippen LogP contribution in [-0.4, -0.2) is 23.7 Å². The van der Waals surface area contributed by atoms with Crippen molar-refractivity contribution in [2.24, 2.45) is 5.41 Å². The van der Waals surface area contributed by atoms with Gasteiger partial charge in [0.05, 0.1) is 13.0 Å². The summed E-state index contributed by atoms with van der Waals surface area (Å²) in [5.41, 5.74) is -0.482. The number of hydrogen-bond acceptors (Lipinski definition) is 3. The molecule has 0 spiro atoms. The number of carboxylic acid groups (broad SMARTS) is 1. The summed E-state index contributed by atoms with van der Waals surface area (Å²) in [5, 5.41) is 8.41. The van der Waals surface area contributed by atoms with E-state index in [1.807, 2.05) is 0 Å². The lowest BCUT2D eigenvalue weighted by atomic mass is 9.89. The summed E-state index contributed by atoms with van der Waals surface area (Å²) in [6, 6.07) is 0. The molecule has 4 nitrogen and oxygen atoms in total. The summed E-state index contributed by atoms with van der Waals surface area (Å²) in [6.07, 6.45) is 2.72. The zero-order valence-electron chi connectivity index (χ0n) is 8.74. The number of ether oxygens (including phenoxy) is 1. The molecule has 0 bridgehead atoms. The average molecular weight is 200 g/mol. The molecular formula is C10H16O4. The quantitative estimate of drug-likeness (QED) is 0.541. The number of esters is 1. The molecule has 0 radical (unpaired) electrons. The van der Waals surface area contributed by atoms with Gasteiger partial charge in [-0.25, -0.2) is 4.79 Å². The van der Waals surface area contributed by atoms with Crippen molar-refractivity contribution in [3.05, 3.63) is 12.2 Å². The lowest BCUT2D eigenvalue weighted by molar-refractivity contribution is -0.144. The highest BCUT2D eigenvalue weighted by atomic mass is 16.5. The predicted octanol–water partition coefficient (Wildman–Crippen LogP) is 1.61. The van der Waals surface area contributed by atoms with Gasteiger partial charge in [0.1, 0.15) is 0 Å². The Morgan fingerprint density at radius 1 is 1.43 bits per heavy atom. The maximum Gasteiger partial charge on any atom is 0.327 e. The molecule has 1 N–H and O–H groups in total. The van der Waals surface area contributed by atoms with Gasteiger partial charge in [0.25, 0.3) is 0 Å². The highest BCUT2D eigenvalue weighted by molar-refractivity contribution is 5.80. The molecule has 80 valence electrons. The monoisotopic (exact) mass is 200 g/mol. The first-order valence-corrected chi connectivity index (χ1v) is 4.45. The van der Waals surface area contributed by atoms with Gasteiger partial charge in [-0.15, -0.1) is 0 Å². The Morgan fingerprint density at radius 2 is 2.00 bits per heavy atom. The van der Waals surface area contributed by atoms with Crippen LogP contribution in [0.1, 0.15) is 27.2 Å². The molecule has 0 aliphatic rings. The lowest BCUT2D eigenvalue weighted by Crippen LogP contribution is -2.17. The van der Waals surface area contributed by atoms with Crippen molar-refractivity contribution in [3.8, 4) is 0 Å². The molecule has 14 heavy (non-hydrogen) atoms. The number of carboxylic acids is 1. The van der Waals surface area contributed by atoms with Crippen LogP contribution in [0.4, 0.5) is 0 Å². The van der Waals surface area contributed by atoms with E-state index in [4.69, 9.17) is 9.84 Å². The minimum absolute atomic E-state index is 0.185. The minimum Gasteiger partial charge on any atom is -0.478 e. The standard InChI is InChI=1S/C10H16O4/c1-4-14-9(13)7-10(2,3)6-5-8(11)12/h5-6H,4,7H2,1-3H3,(H,11,12)/b6-5-. The number of carbonyl (C=O) groups excluding carboxylic acids is 1. The Kier molecular flexibility index (Phi) is 4.91. The van der Waals surface area contributed by atoms with Crippen molar-refractivity contribution in [2.75, 3.05) is 6.61 Å². The fourth-order valence-electron chi connectivity index (χ4n) is 0.940. The van der Waals surface area contributed by atoms with E-state index >= 15 is 0 Å². The van der Waals surface area contributed by atoms with Crippen molar-refractivity contribution in [1.29, 1.82) is 0 Å². The van der Waals surface area contributed by atoms with Crippen LogP contribution in [0.25, 0.3) is 0 Å². The van der Waals surface area contributed by atoms with Gasteiger partial charge in [0.15, 0.2) is 0 Å². The molecule has 0 rings (SSSR count). The summed E-state index contributed by atoms with van der Waals surface area (Å²) in [6.45, 7) is 5.64. The van der Waals surface area contributed by atoms with E-state index in [0.717, 1.165) is 6.08 Å². The molecule has 0 amide bonds. The molecule has 0 heterocycles. The third-order valence-electron chi connectivity index (χ3n) is 1.58. The van der Waals surface area contributed by atoms with Crippen LogP contribution in [-0.2, 0) is 14.3 Å². The molecule has 0 fully saturated rings. The van der Waals surface area contributed by atoms with Gasteiger partial charge in [0, 0.05) is 6.08 Å². The molecule has 4 heteroatoms. The Morgan fingerprint density at radius 3 is 2.43 bits per heavy atom. The highest BCUT2D eigenvalue weighted by Crippen LogP contribution is 2.22. The minimum atomic E-state index is -1.01. The van der Waals surface area contributed by atoms with E-state index in [2.05, 4.69) is 0 Å². The molecule has 0 saturated heterocycles. The van der Waals surface area contributed by atoms with E-state index in [0.29, 0.717) is 6.61 Å². The van der Waals surface area contributed by atoms with E-state index in [9.17, 15) is 9.59 Å². The fourth-order valence-corrected chi connectivity index (χ4v) is 0.940. The molecule has 0 aromatic heterocycles.